The lowest BCUT2D eigenvalue weighted by Gasteiger charge is -2.08. The minimum absolute atomic E-state index is 0.0894. The number of nitrogens with one attached hydrogen (secondary N) is 1. The number of methoxy groups -OCH3 is 1. The van der Waals surface area contributed by atoms with E-state index in [1.807, 2.05) is 0 Å². The number of ether oxygens (including phenoxy) is 1. The number of benzene rings is 2. The van der Waals surface area contributed by atoms with Gasteiger partial charge in [0.15, 0.2) is 0 Å². The second-order valence-corrected chi connectivity index (χ2v) is 4.89. The maximum Gasteiger partial charge on any atom is 0.224 e. The number of allylic oxidation sites excluding steroid dienone is 1. The molecule has 0 saturated carbocycles. The van der Waals surface area contributed by atoms with Crippen LogP contribution in [0.1, 0.15) is 18.4 Å². The molecule has 0 spiro atoms. The summed E-state index contributed by atoms with van der Waals surface area (Å²) in [6.45, 7) is 3.94. The quantitative estimate of drug-likeness (QED) is 0.865. The summed E-state index contributed by atoms with van der Waals surface area (Å²) in [4.78, 5) is 11.9. The van der Waals surface area contributed by atoms with Crippen molar-refractivity contribution in [2.24, 2.45) is 0 Å². The number of hydrogen-bond acceptors (Lipinski definition) is 2. The van der Waals surface area contributed by atoms with Crippen LogP contribution in [0.4, 0.5) is 10.1 Å². The van der Waals surface area contributed by atoms with Crippen LogP contribution in [-0.4, -0.2) is 13.0 Å². The highest BCUT2D eigenvalue weighted by molar-refractivity contribution is 5.91. The molecule has 2 rings (SSSR count). The van der Waals surface area contributed by atoms with Gasteiger partial charge in [-0.15, -0.1) is 0 Å². The summed E-state index contributed by atoms with van der Waals surface area (Å²) in [6.07, 6.45) is 0.843. The summed E-state index contributed by atoms with van der Waals surface area (Å²) in [5.41, 5.74) is 2.38. The molecule has 0 unspecified atom stereocenters. The van der Waals surface area contributed by atoms with Crippen LogP contribution in [0, 0.1) is 5.82 Å². The van der Waals surface area contributed by atoms with E-state index < -0.39 is 0 Å². The highest BCUT2D eigenvalue weighted by Gasteiger charge is 2.06. The summed E-state index contributed by atoms with van der Waals surface area (Å²) in [5.74, 6) is 0.366. The van der Waals surface area contributed by atoms with Crippen molar-refractivity contribution >= 4 is 17.2 Å². The third-order valence-electron chi connectivity index (χ3n) is 3.28. The maximum absolute atomic E-state index is 12.9. The smallest absolute Gasteiger partial charge is 0.224 e. The molecule has 0 aromatic heterocycles. The predicted octanol–water partition coefficient (Wildman–Crippen LogP) is 4.27. The minimum Gasteiger partial charge on any atom is -0.497 e. The zero-order chi connectivity index (χ0) is 15.9. The van der Waals surface area contributed by atoms with Gasteiger partial charge in [0, 0.05) is 12.1 Å². The molecule has 3 nitrogen and oxygen atoms in total. The van der Waals surface area contributed by atoms with Gasteiger partial charge < -0.3 is 10.1 Å². The van der Waals surface area contributed by atoms with E-state index in [4.69, 9.17) is 4.74 Å². The van der Waals surface area contributed by atoms with Gasteiger partial charge in [0.25, 0.3) is 0 Å². The summed E-state index contributed by atoms with van der Waals surface area (Å²) in [6, 6.07) is 13.2. The van der Waals surface area contributed by atoms with Crippen molar-refractivity contribution in [3.8, 4) is 5.75 Å². The molecule has 0 heterocycles. The molecule has 1 N–H and O–H groups in total. The second kappa shape index (κ2) is 7.41. The standard InChI is InChI=1S/C18H18FNO2/c1-13(14-4-6-15(19)7-5-14)3-12-18(21)20-16-8-10-17(22-2)11-9-16/h4-11H,1,3,12H2,2H3,(H,20,21). The fourth-order valence-corrected chi connectivity index (χ4v) is 1.99. The van der Waals surface area contributed by atoms with Crippen molar-refractivity contribution in [1.82, 2.24) is 0 Å². The van der Waals surface area contributed by atoms with Gasteiger partial charge in [-0.3, -0.25) is 4.79 Å². The topological polar surface area (TPSA) is 38.3 Å². The van der Waals surface area contributed by atoms with E-state index in [9.17, 15) is 9.18 Å². The highest BCUT2D eigenvalue weighted by atomic mass is 19.1. The number of carbonyl (C=O) groups excluding carboxylic acids is 1. The zero-order valence-electron chi connectivity index (χ0n) is 12.4. The van der Waals surface area contributed by atoms with Gasteiger partial charge in [0.05, 0.1) is 7.11 Å². The number of amides is 1. The largest absolute Gasteiger partial charge is 0.497 e. The minimum atomic E-state index is -0.284. The Morgan fingerprint density at radius 2 is 1.73 bits per heavy atom. The van der Waals surface area contributed by atoms with Crippen molar-refractivity contribution in [1.29, 1.82) is 0 Å². The first-order valence-corrected chi connectivity index (χ1v) is 6.96. The monoisotopic (exact) mass is 299 g/mol. The van der Waals surface area contributed by atoms with E-state index in [-0.39, 0.29) is 11.7 Å². The van der Waals surface area contributed by atoms with E-state index in [0.29, 0.717) is 12.8 Å². The van der Waals surface area contributed by atoms with Crippen LogP contribution >= 0.6 is 0 Å². The van der Waals surface area contributed by atoms with Gasteiger partial charge in [0.2, 0.25) is 5.91 Å². The molecular weight excluding hydrogens is 281 g/mol. The van der Waals surface area contributed by atoms with Crippen LogP contribution in [0.2, 0.25) is 0 Å². The first-order valence-electron chi connectivity index (χ1n) is 6.96. The third-order valence-corrected chi connectivity index (χ3v) is 3.28. The van der Waals surface area contributed by atoms with Crippen LogP contribution in [0.15, 0.2) is 55.1 Å². The van der Waals surface area contributed by atoms with E-state index in [1.165, 1.54) is 12.1 Å². The summed E-state index contributed by atoms with van der Waals surface area (Å²) in [7, 11) is 1.59. The fraction of sp³-hybridized carbons (Fsp3) is 0.167. The lowest BCUT2D eigenvalue weighted by molar-refractivity contribution is -0.116. The van der Waals surface area contributed by atoms with Gasteiger partial charge in [-0.1, -0.05) is 18.7 Å². The average molecular weight is 299 g/mol. The summed E-state index contributed by atoms with van der Waals surface area (Å²) in [5, 5.41) is 2.81. The molecule has 0 aliphatic carbocycles. The van der Waals surface area contributed by atoms with Crippen molar-refractivity contribution < 1.29 is 13.9 Å². The van der Waals surface area contributed by atoms with Gasteiger partial charge in [-0.25, -0.2) is 4.39 Å². The maximum atomic E-state index is 12.9. The molecule has 0 aliphatic rings. The normalized spacial score (nSPS) is 10.1. The fourth-order valence-electron chi connectivity index (χ4n) is 1.99. The Hall–Kier alpha value is -2.62. The average Bonchev–Trinajstić information content (AvgIpc) is 2.54. The molecular formula is C18H18FNO2. The highest BCUT2D eigenvalue weighted by Crippen LogP contribution is 2.19. The second-order valence-electron chi connectivity index (χ2n) is 4.89. The van der Waals surface area contributed by atoms with Crippen molar-refractivity contribution in [3.63, 3.8) is 0 Å². The molecule has 0 bridgehead atoms. The molecule has 1 amide bonds. The van der Waals surface area contributed by atoms with Crippen LogP contribution < -0.4 is 10.1 Å². The van der Waals surface area contributed by atoms with Gasteiger partial charge in [-0.05, 0) is 54.0 Å². The van der Waals surface area contributed by atoms with Crippen LogP contribution in [0.3, 0.4) is 0 Å². The van der Waals surface area contributed by atoms with Crippen molar-refractivity contribution in [2.45, 2.75) is 12.8 Å². The lowest BCUT2D eigenvalue weighted by Crippen LogP contribution is -2.11. The lowest BCUT2D eigenvalue weighted by atomic mass is 10.0. The van der Waals surface area contributed by atoms with E-state index in [0.717, 1.165) is 22.6 Å². The number of hydrogen-bond donors (Lipinski definition) is 1. The first kappa shape index (κ1) is 15.8. The van der Waals surface area contributed by atoms with Crippen molar-refractivity contribution in [2.75, 3.05) is 12.4 Å². The molecule has 0 fully saturated rings. The summed E-state index contributed by atoms with van der Waals surface area (Å²) < 4.78 is 17.9. The van der Waals surface area contributed by atoms with Crippen LogP contribution in [0.25, 0.3) is 5.57 Å². The summed E-state index contributed by atoms with van der Waals surface area (Å²) >= 11 is 0. The number of anilines is 1. The van der Waals surface area contributed by atoms with Gasteiger partial charge in [0.1, 0.15) is 11.6 Å². The molecule has 2 aromatic rings. The number of carbonyl (C=O) groups is 1. The zero-order valence-corrected chi connectivity index (χ0v) is 12.4. The number of halogens is 1. The Kier molecular flexibility index (Phi) is 5.31. The molecule has 2 aromatic carbocycles. The molecule has 0 atom stereocenters. The Balaban J connectivity index is 1.84. The molecule has 0 aliphatic heterocycles. The third kappa shape index (κ3) is 4.45. The van der Waals surface area contributed by atoms with E-state index in [2.05, 4.69) is 11.9 Å². The molecule has 22 heavy (non-hydrogen) atoms. The van der Waals surface area contributed by atoms with E-state index in [1.54, 1.807) is 43.5 Å². The molecule has 4 heteroatoms. The van der Waals surface area contributed by atoms with Gasteiger partial charge in [-0.2, -0.15) is 0 Å². The number of rotatable bonds is 6. The SMILES string of the molecule is C=C(CCC(=O)Nc1ccc(OC)cc1)c1ccc(F)cc1. The van der Waals surface area contributed by atoms with Crippen molar-refractivity contribution in [3.05, 3.63) is 66.5 Å². The Morgan fingerprint density at radius 3 is 2.32 bits per heavy atom. The molecule has 114 valence electrons. The Morgan fingerprint density at radius 1 is 1.09 bits per heavy atom. The van der Waals surface area contributed by atoms with Crippen LogP contribution in [-0.2, 0) is 4.79 Å². The Bertz CT molecular complexity index is 648. The first-order chi connectivity index (χ1) is 10.6. The van der Waals surface area contributed by atoms with Gasteiger partial charge >= 0.3 is 0 Å². The predicted molar refractivity (Wildman–Crippen MR) is 86.3 cm³/mol. The van der Waals surface area contributed by atoms with Crippen LogP contribution in [0.5, 0.6) is 5.75 Å². The Labute approximate surface area is 129 Å². The molecule has 0 radical (unpaired) electrons. The van der Waals surface area contributed by atoms with E-state index >= 15 is 0 Å². The molecule has 0 saturated heterocycles.